The number of nitrogens with zero attached hydrogens (tertiary/aromatic N) is 2. The minimum atomic E-state index is -0.152. The monoisotopic (exact) mass is 596 g/mol. The number of thiocarbonyl (C=S) groups is 1. The number of piperidine rings is 1. The lowest BCUT2D eigenvalue weighted by Crippen LogP contribution is -2.37. The quantitative estimate of drug-likeness (QED) is 0.290. The number of anilines is 1. The Kier molecular flexibility index (Phi) is 10.6. The molecule has 3 aromatic rings. The van der Waals surface area contributed by atoms with Gasteiger partial charge in [-0.15, -0.1) is 0 Å². The Morgan fingerprint density at radius 2 is 1.56 bits per heavy atom. The first-order chi connectivity index (χ1) is 19.9. The van der Waals surface area contributed by atoms with Crippen molar-refractivity contribution in [1.29, 1.82) is 0 Å². The Hall–Kier alpha value is -3.63. The summed E-state index contributed by atoms with van der Waals surface area (Å²) in [7, 11) is 6.09. The van der Waals surface area contributed by atoms with Crippen LogP contribution in [0.4, 0.5) is 5.69 Å². The van der Waals surface area contributed by atoms with Gasteiger partial charge in [-0.05, 0) is 42.0 Å². The molecular formula is C31H36N2O6S2. The minimum Gasteiger partial charge on any atom is -0.504 e. The molecule has 1 fully saturated rings. The molecule has 0 aliphatic carbocycles. The zero-order chi connectivity index (χ0) is 29.4. The average molecular weight is 597 g/mol. The van der Waals surface area contributed by atoms with Gasteiger partial charge in [-0.2, -0.15) is 0 Å². The number of benzene rings is 3. The summed E-state index contributed by atoms with van der Waals surface area (Å²) < 4.78 is 22.4. The van der Waals surface area contributed by atoms with E-state index in [1.54, 1.807) is 29.2 Å². The Morgan fingerprint density at radius 1 is 0.927 bits per heavy atom. The van der Waals surface area contributed by atoms with Crippen molar-refractivity contribution >= 4 is 39.9 Å². The molecule has 1 aliphatic rings. The van der Waals surface area contributed by atoms with Gasteiger partial charge in [0.25, 0.3) is 0 Å². The van der Waals surface area contributed by atoms with Gasteiger partial charge in [-0.1, -0.05) is 60.4 Å². The van der Waals surface area contributed by atoms with E-state index in [2.05, 4.69) is 29.2 Å². The van der Waals surface area contributed by atoms with Crippen molar-refractivity contribution in [3.63, 3.8) is 0 Å². The maximum Gasteiger partial charge on any atom is 0.237 e. The summed E-state index contributed by atoms with van der Waals surface area (Å²) in [5.41, 5.74) is 2.66. The number of phenols is 1. The van der Waals surface area contributed by atoms with E-state index in [1.807, 2.05) is 12.1 Å². The highest BCUT2D eigenvalue weighted by Gasteiger charge is 2.25. The lowest BCUT2D eigenvalue weighted by molar-refractivity contribution is -0.116. The first kappa shape index (κ1) is 30.3. The standard InChI is InChI=1S/C31H36N2O6S2/c1-36-26-11-10-21(16-25(26)34)19-33(24-17-27(37-2)30(39-4)28(18-24)38-3)29(35)20-41-31(40)32-14-12-23(13-15-32)22-8-6-5-7-9-22/h5-11,16-18,23,34H,12-15,19-20H2,1-4H3. The number of carbonyl (C=O) groups is 1. The van der Waals surface area contributed by atoms with Gasteiger partial charge < -0.3 is 33.9 Å². The van der Waals surface area contributed by atoms with Crippen molar-refractivity contribution in [3.05, 3.63) is 71.8 Å². The van der Waals surface area contributed by atoms with E-state index in [4.69, 9.17) is 31.2 Å². The predicted molar refractivity (Wildman–Crippen MR) is 167 cm³/mol. The molecule has 41 heavy (non-hydrogen) atoms. The Morgan fingerprint density at radius 3 is 2.12 bits per heavy atom. The van der Waals surface area contributed by atoms with Gasteiger partial charge in [0, 0.05) is 25.2 Å². The number of hydrogen-bond donors (Lipinski definition) is 1. The van der Waals surface area contributed by atoms with Crippen LogP contribution in [0.3, 0.4) is 0 Å². The summed E-state index contributed by atoms with van der Waals surface area (Å²) in [5, 5.41) is 10.3. The fourth-order valence-corrected chi connectivity index (χ4v) is 6.10. The number of aromatic hydroxyl groups is 1. The summed E-state index contributed by atoms with van der Waals surface area (Å²) >= 11 is 7.12. The van der Waals surface area contributed by atoms with Gasteiger partial charge in [-0.3, -0.25) is 4.79 Å². The number of ether oxygens (including phenoxy) is 4. The third-order valence-electron chi connectivity index (χ3n) is 7.19. The molecule has 0 radical (unpaired) electrons. The number of amides is 1. The van der Waals surface area contributed by atoms with Crippen LogP contribution in [0.15, 0.2) is 60.7 Å². The Balaban J connectivity index is 1.50. The maximum absolute atomic E-state index is 13.8. The molecule has 1 N–H and O–H groups in total. The number of thioether (sulfide) groups is 1. The highest BCUT2D eigenvalue weighted by atomic mass is 32.2. The van der Waals surface area contributed by atoms with E-state index in [1.165, 1.54) is 45.8 Å². The Labute approximate surface area is 251 Å². The summed E-state index contributed by atoms with van der Waals surface area (Å²) in [6.07, 6.45) is 2.05. The maximum atomic E-state index is 13.8. The second-order valence-corrected chi connectivity index (χ2v) is 11.2. The van der Waals surface area contributed by atoms with Crippen LogP contribution >= 0.6 is 24.0 Å². The minimum absolute atomic E-state index is 0.00301. The van der Waals surface area contributed by atoms with E-state index in [-0.39, 0.29) is 24.0 Å². The topological polar surface area (TPSA) is 80.7 Å². The summed E-state index contributed by atoms with van der Waals surface area (Å²) in [6.45, 7) is 1.92. The van der Waals surface area contributed by atoms with Gasteiger partial charge in [0.2, 0.25) is 11.7 Å². The average Bonchev–Trinajstić information content (AvgIpc) is 3.02. The molecule has 0 spiro atoms. The number of rotatable bonds is 10. The highest BCUT2D eigenvalue weighted by molar-refractivity contribution is 8.23. The van der Waals surface area contributed by atoms with Gasteiger partial charge in [0.1, 0.15) is 4.32 Å². The lowest BCUT2D eigenvalue weighted by Gasteiger charge is -2.33. The first-order valence-corrected chi connectivity index (χ1v) is 14.7. The smallest absolute Gasteiger partial charge is 0.237 e. The summed E-state index contributed by atoms with van der Waals surface area (Å²) in [6, 6.07) is 19.1. The number of carbonyl (C=O) groups excluding carboxylic acids is 1. The van der Waals surface area contributed by atoms with Crippen molar-refractivity contribution in [2.24, 2.45) is 0 Å². The van der Waals surface area contributed by atoms with Gasteiger partial charge in [-0.25, -0.2) is 0 Å². The molecule has 4 rings (SSSR count). The van der Waals surface area contributed by atoms with Crippen molar-refractivity contribution < 1.29 is 28.8 Å². The molecule has 0 atom stereocenters. The molecule has 0 aromatic heterocycles. The molecule has 1 saturated heterocycles. The number of likely N-dealkylation sites (tertiary alicyclic amines) is 1. The normalized spacial score (nSPS) is 13.4. The van der Waals surface area contributed by atoms with Crippen LogP contribution in [-0.2, 0) is 11.3 Å². The van der Waals surface area contributed by atoms with Crippen LogP contribution in [0, 0.1) is 0 Å². The number of hydrogen-bond acceptors (Lipinski definition) is 8. The molecule has 10 heteroatoms. The molecule has 1 heterocycles. The molecule has 3 aromatic carbocycles. The van der Waals surface area contributed by atoms with E-state index in [9.17, 15) is 9.90 Å². The zero-order valence-corrected chi connectivity index (χ0v) is 25.4. The van der Waals surface area contributed by atoms with Crippen LogP contribution in [0.2, 0.25) is 0 Å². The fraction of sp³-hybridized carbons (Fsp3) is 0.355. The van der Waals surface area contributed by atoms with E-state index >= 15 is 0 Å². The second kappa shape index (κ2) is 14.3. The lowest BCUT2D eigenvalue weighted by atomic mass is 9.90. The van der Waals surface area contributed by atoms with Crippen LogP contribution < -0.4 is 23.8 Å². The predicted octanol–water partition coefficient (Wildman–Crippen LogP) is 5.86. The molecule has 1 aliphatic heterocycles. The van der Waals surface area contributed by atoms with Gasteiger partial charge >= 0.3 is 0 Å². The third-order valence-corrected chi connectivity index (χ3v) is 8.70. The van der Waals surface area contributed by atoms with Gasteiger partial charge in [0.05, 0.1) is 46.4 Å². The summed E-state index contributed by atoms with van der Waals surface area (Å²) in [5.74, 6) is 2.18. The molecule has 1 amide bonds. The van der Waals surface area contributed by atoms with Crippen LogP contribution in [0.1, 0.15) is 29.9 Å². The van der Waals surface area contributed by atoms with Crippen molar-refractivity contribution in [1.82, 2.24) is 4.90 Å². The number of methoxy groups -OCH3 is 4. The largest absolute Gasteiger partial charge is 0.504 e. The molecule has 8 nitrogen and oxygen atoms in total. The Bertz CT molecular complexity index is 1320. The van der Waals surface area contributed by atoms with Gasteiger partial charge in [0.15, 0.2) is 23.0 Å². The van der Waals surface area contributed by atoms with Crippen molar-refractivity contribution in [2.75, 3.05) is 52.2 Å². The first-order valence-electron chi connectivity index (χ1n) is 13.3. The van der Waals surface area contributed by atoms with E-state index in [0.29, 0.717) is 34.6 Å². The molecule has 0 saturated carbocycles. The highest BCUT2D eigenvalue weighted by Crippen LogP contribution is 2.42. The van der Waals surface area contributed by atoms with Crippen LogP contribution in [0.5, 0.6) is 28.7 Å². The van der Waals surface area contributed by atoms with Crippen molar-refractivity contribution in [3.8, 4) is 28.7 Å². The van der Waals surface area contributed by atoms with Crippen LogP contribution in [0.25, 0.3) is 0 Å². The molecule has 0 bridgehead atoms. The van der Waals surface area contributed by atoms with E-state index in [0.717, 1.165) is 35.8 Å². The van der Waals surface area contributed by atoms with Crippen molar-refractivity contribution in [2.45, 2.75) is 25.3 Å². The second-order valence-electron chi connectivity index (χ2n) is 9.60. The molecule has 218 valence electrons. The SMILES string of the molecule is COc1ccc(CN(C(=O)CSC(=S)N2CCC(c3ccccc3)CC2)c2cc(OC)c(OC)c(OC)c2)cc1O. The van der Waals surface area contributed by atoms with E-state index < -0.39 is 0 Å². The fourth-order valence-electron chi connectivity index (χ4n) is 4.98. The third kappa shape index (κ3) is 7.37. The van der Waals surface area contributed by atoms with Crippen LogP contribution in [-0.4, -0.2) is 67.5 Å². The molecular weight excluding hydrogens is 560 g/mol. The summed E-state index contributed by atoms with van der Waals surface area (Å²) in [4.78, 5) is 17.6. The number of phenolic OH excluding ortho intramolecular Hbond substituents is 1. The zero-order valence-electron chi connectivity index (χ0n) is 23.8. The molecule has 0 unspecified atom stereocenters.